The lowest BCUT2D eigenvalue weighted by molar-refractivity contribution is 0.0693. The van der Waals surface area contributed by atoms with Crippen molar-refractivity contribution in [3.63, 3.8) is 0 Å². The molecule has 0 aliphatic heterocycles. The molecule has 2 heterocycles. The van der Waals surface area contributed by atoms with Crippen molar-refractivity contribution >= 4 is 33.9 Å². The van der Waals surface area contributed by atoms with Crippen molar-refractivity contribution < 1.29 is 23.8 Å². The van der Waals surface area contributed by atoms with E-state index in [0.717, 1.165) is 50.9 Å². The van der Waals surface area contributed by atoms with Gasteiger partial charge in [0.05, 0.1) is 25.4 Å². The molecule has 0 radical (unpaired) electrons. The minimum Gasteiger partial charge on any atom is -0.493 e. The van der Waals surface area contributed by atoms with E-state index in [4.69, 9.17) is 20.3 Å². The van der Waals surface area contributed by atoms with Crippen LogP contribution in [-0.4, -0.2) is 39.4 Å². The molecule has 0 unspecified atom stereocenters. The normalized spacial score (nSPS) is 10.5. The molecular weight excluding hydrogens is 545 g/mol. The lowest BCUT2D eigenvalue weighted by Crippen LogP contribution is -2.41. The first-order valence-electron chi connectivity index (χ1n) is 12.7. The van der Waals surface area contributed by atoms with Gasteiger partial charge in [-0.1, -0.05) is 0 Å². The number of methoxy groups -OCH3 is 2. The van der Waals surface area contributed by atoms with Crippen LogP contribution in [0, 0.1) is 5.82 Å². The molecule has 42 heavy (non-hydrogen) atoms. The van der Waals surface area contributed by atoms with Crippen LogP contribution < -0.4 is 31.8 Å². The number of nitrogens with zero attached hydrogens (tertiary/aromatic N) is 3. The topological polar surface area (TPSA) is 151 Å². The van der Waals surface area contributed by atoms with Gasteiger partial charge in [0, 0.05) is 47.5 Å². The molecule has 216 valence electrons. The smallest absolute Gasteiger partial charge is 0.342 e. The number of nitrogens with one attached hydrogen (secondary N) is 1. The van der Waals surface area contributed by atoms with Crippen LogP contribution in [0.4, 0.5) is 21.5 Å². The molecule has 11 nitrogen and oxygen atoms in total. The van der Waals surface area contributed by atoms with Gasteiger partial charge in [-0.3, -0.25) is 14.3 Å². The maximum absolute atomic E-state index is 12.9. The number of aromatic nitrogens is 3. The molecule has 0 spiro atoms. The predicted molar refractivity (Wildman–Crippen MR) is 158 cm³/mol. The van der Waals surface area contributed by atoms with Crippen molar-refractivity contribution in [2.75, 3.05) is 25.3 Å². The van der Waals surface area contributed by atoms with Gasteiger partial charge >= 0.3 is 11.7 Å². The van der Waals surface area contributed by atoms with E-state index in [9.17, 15) is 18.8 Å². The monoisotopic (exact) mass is 573 g/mol. The summed E-state index contributed by atoms with van der Waals surface area (Å²) < 4.78 is 25.4. The number of aryl methyl sites for hydroxylation is 1. The number of hydrogen-bond donors (Lipinski definition) is 3. The van der Waals surface area contributed by atoms with E-state index >= 15 is 0 Å². The number of carbonyl (C=O) groups is 1. The summed E-state index contributed by atoms with van der Waals surface area (Å²) in [6.45, 7) is 1.85. The summed E-state index contributed by atoms with van der Waals surface area (Å²) >= 11 is 0. The molecule has 2 aromatic heterocycles. The van der Waals surface area contributed by atoms with Crippen molar-refractivity contribution in [1.29, 1.82) is 0 Å². The van der Waals surface area contributed by atoms with Gasteiger partial charge in [0.2, 0.25) is 0 Å². The van der Waals surface area contributed by atoms with Crippen LogP contribution in [0.25, 0.3) is 16.6 Å². The molecular formula is C30H28FN5O6. The molecule has 3 aromatic carbocycles. The molecule has 0 aliphatic rings. The molecule has 12 heteroatoms. The van der Waals surface area contributed by atoms with Gasteiger partial charge in [0.15, 0.2) is 11.5 Å². The molecule has 0 saturated carbocycles. The molecule has 4 N–H and O–H groups in total. The fraction of sp³-hybridized carbons (Fsp3) is 0.133. The number of benzene rings is 3. The van der Waals surface area contributed by atoms with E-state index in [1.54, 1.807) is 27.3 Å². The number of nitrogen functional groups attached to an aromatic ring is 1. The summed E-state index contributed by atoms with van der Waals surface area (Å²) in [4.78, 5) is 39.6. The number of halogens is 1. The number of aromatic carboxylic acids is 1. The molecule has 5 rings (SSSR count). The van der Waals surface area contributed by atoms with E-state index < -0.39 is 28.6 Å². The number of carboxylic acid groups (broad SMARTS) is 1. The third-order valence-electron chi connectivity index (χ3n) is 6.25. The Bertz CT molecular complexity index is 1850. The number of anilines is 3. The lowest BCUT2D eigenvalue weighted by atomic mass is 10.1. The number of ether oxygens (including phenoxy) is 2. The zero-order chi connectivity index (χ0) is 30.4. The van der Waals surface area contributed by atoms with Gasteiger partial charge < -0.3 is 25.6 Å². The van der Waals surface area contributed by atoms with Crippen molar-refractivity contribution in [2.24, 2.45) is 0 Å². The standard InChI is InChI=1S/C17H17N3O2.C13H11FN2O4/c1-21-16-9-13-14(20-12-5-3-11(18)4-6-12)7-8-19-15(13)10-17(16)22-2;1-2-15-7-10(12(18)19)11(17)16(13(15)20)9-5-3-8(14)4-6-9/h3-10H,18H2,1-2H3,(H,19,20);3-7H,2H2,1H3,(H,18,19). The minimum absolute atomic E-state index is 0.117. The highest BCUT2D eigenvalue weighted by Gasteiger charge is 2.17. The van der Waals surface area contributed by atoms with E-state index in [1.165, 1.54) is 12.1 Å². The molecule has 0 atom stereocenters. The third kappa shape index (κ3) is 6.22. The number of pyridine rings is 1. The van der Waals surface area contributed by atoms with E-state index in [1.807, 2.05) is 42.5 Å². The van der Waals surface area contributed by atoms with E-state index in [2.05, 4.69) is 10.3 Å². The van der Waals surface area contributed by atoms with Crippen LogP contribution in [0.2, 0.25) is 0 Å². The average Bonchev–Trinajstić information content (AvgIpc) is 2.99. The number of hydrogen-bond acceptors (Lipinski definition) is 8. The highest BCUT2D eigenvalue weighted by atomic mass is 19.1. The van der Waals surface area contributed by atoms with Crippen LogP contribution in [0.5, 0.6) is 11.5 Å². The van der Waals surface area contributed by atoms with E-state index in [-0.39, 0.29) is 12.2 Å². The highest BCUT2D eigenvalue weighted by Crippen LogP contribution is 2.35. The first-order valence-corrected chi connectivity index (χ1v) is 12.7. The van der Waals surface area contributed by atoms with Crippen molar-refractivity contribution in [1.82, 2.24) is 14.1 Å². The van der Waals surface area contributed by atoms with Crippen LogP contribution in [-0.2, 0) is 6.54 Å². The van der Waals surface area contributed by atoms with Gasteiger partial charge in [-0.15, -0.1) is 0 Å². The number of fused-ring (bicyclic) bond motifs is 1. The van der Waals surface area contributed by atoms with Gasteiger partial charge in [0.1, 0.15) is 11.4 Å². The van der Waals surface area contributed by atoms with Crippen LogP contribution in [0.3, 0.4) is 0 Å². The molecule has 0 saturated heterocycles. The Morgan fingerprint density at radius 2 is 1.64 bits per heavy atom. The maximum atomic E-state index is 12.9. The number of nitrogens with two attached hydrogens (primary N) is 1. The molecule has 0 amide bonds. The Balaban J connectivity index is 0.000000194. The van der Waals surface area contributed by atoms with Gasteiger partial charge in [0.25, 0.3) is 5.56 Å². The Kier molecular flexibility index (Phi) is 8.86. The molecule has 0 aliphatic carbocycles. The fourth-order valence-corrected chi connectivity index (χ4v) is 4.10. The minimum atomic E-state index is -1.42. The predicted octanol–water partition coefficient (Wildman–Crippen LogP) is 4.43. The third-order valence-corrected chi connectivity index (χ3v) is 6.25. The zero-order valence-electron chi connectivity index (χ0n) is 23.0. The Morgan fingerprint density at radius 3 is 2.24 bits per heavy atom. The SMILES string of the molecule is CCn1cc(C(=O)O)c(=O)n(-c2ccc(F)cc2)c1=O.COc1cc2nccc(Nc3ccc(N)cc3)c2cc1OC. The van der Waals surface area contributed by atoms with Crippen LogP contribution >= 0.6 is 0 Å². The second-order valence-corrected chi connectivity index (χ2v) is 8.86. The Morgan fingerprint density at radius 1 is 1.00 bits per heavy atom. The fourth-order valence-electron chi connectivity index (χ4n) is 4.10. The quantitative estimate of drug-likeness (QED) is 0.240. The summed E-state index contributed by atoms with van der Waals surface area (Å²) in [6.07, 6.45) is 2.76. The highest BCUT2D eigenvalue weighted by molar-refractivity contribution is 5.95. The maximum Gasteiger partial charge on any atom is 0.342 e. The second-order valence-electron chi connectivity index (χ2n) is 8.86. The lowest BCUT2D eigenvalue weighted by Gasteiger charge is -2.13. The first kappa shape index (κ1) is 29.3. The van der Waals surface area contributed by atoms with Crippen molar-refractivity contribution in [3.8, 4) is 17.2 Å². The summed E-state index contributed by atoms with van der Waals surface area (Å²) in [5.74, 6) is -0.615. The van der Waals surface area contributed by atoms with E-state index in [0.29, 0.717) is 16.1 Å². The molecule has 5 aromatic rings. The van der Waals surface area contributed by atoms with Crippen molar-refractivity contribution in [3.05, 3.63) is 111 Å². The molecule has 0 fully saturated rings. The van der Waals surface area contributed by atoms with Crippen molar-refractivity contribution in [2.45, 2.75) is 13.5 Å². The second kappa shape index (κ2) is 12.7. The number of rotatable bonds is 7. The molecule has 0 bridgehead atoms. The Labute approximate surface area is 239 Å². The summed E-state index contributed by atoms with van der Waals surface area (Å²) in [5, 5.41) is 13.3. The average molecular weight is 574 g/mol. The summed E-state index contributed by atoms with van der Waals surface area (Å²) in [7, 11) is 3.23. The van der Waals surface area contributed by atoms with Gasteiger partial charge in [-0.25, -0.2) is 18.5 Å². The van der Waals surface area contributed by atoms with Crippen LogP contribution in [0.1, 0.15) is 17.3 Å². The summed E-state index contributed by atoms with van der Waals surface area (Å²) in [6, 6.07) is 17.9. The summed E-state index contributed by atoms with van der Waals surface area (Å²) in [5.41, 5.74) is 7.15. The Hall–Kier alpha value is -5.65. The van der Waals surface area contributed by atoms with Gasteiger partial charge in [-0.2, -0.15) is 0 Å². The largest absolute Gasteiger partial charge is 0.493 e. The zero-order valence-corrected chi connectivity index (χ0v) is 23.0. The van der Waals surface area contributed by atoms with Crippen LogP contribution in [0.15, 0.2) is 88.7 Å². The number of carboxylic acids is 1. The first-order chi connectivity index (χ1) is 20.2. The van der Waals surface area contributed by atoms with Gasteiger partial charge in [-0.05, 0) is 67.6 Å².